The van der Waals surface area contributed by atoms with E-state index in [0.717, 1.165) is 62.4 Å². The molecule has 0 saturated heterocycles. The Hall–Kier alpha value is -3.43. The number of aryl methyl sites for hydroxylation is 4. The average Bonchev–Trinajstić information content (AvgIpc) is 3.52. The van der Waals surface area contributed by atoms with Gasteiger partial charge in [0.25, 0.3) is 0 Å². The third-order valence-electron chi connectivity index (χ3n) is 6.44. The van der Waals surface area contributed by atoms with Gasteiger partial charge in [0.2, 0.25) is 0 Å². The maximum absolute atomic E-state index is 11.5. The van der Waals surface area contributed by atoms with Crippen LogP contribution in [0.5, 0.6) is 0 Å². The summed E-state index contributed by atoms with van der Waals surface area (Å²) in [5.74, 6) is 0.790. The number of H-pyrrole nitrogens is 2. The van der Waals surface area contributed by atoms with Crippen molar-refractivity contribution in [2.75, 3.05) is 5.32 Å². The van der Waals surface area contributed by atoms with Crippen molar-refractivity contribution < 1.29 is 4.79 Å². The first-order chi connectivity index (χ1) is 17.4. The first kappa shape index (κ1) is 24.3. The summed E-state index contributed by atoms with van der Waals surface area (Å²) in [6.45, 7) is 8.34. The quantitative estimate of drug-likeness (QED) is 0.241. The van der Waals surface area contributed by atoms with Gasteiger partial charge >= 0.3 is 0 Å². The number of carbonyl (C=O) groups is 1. The number of aromatic nitrogens is 6. The van der Waals surface area contributed by atoms with Crippen molar-refractivity contribution in [3.05, 3.63) is 64.1 Å². The van der Waals surface area contributed by atoms with Crippen LogP contribution in [-0.4, -0.2) is 35.0 Å². The largest absolute Gasteiger partial charge is 0.343 e. The molecule has 6 rings (SSSR count). The molecule has 0 saturated carbocycles. The van der Waals surface area contributed by atoms with Crippen LogP contribution in [0.2, 0.25) is 5.15 Å². The number of nitrogens with zero attached hydrogens (tertiary/aromatic N) is 4. The molecule has 1 aliphatic heterocycles. The van der Waals surface area contributed by atoms with Crippen molar-refractivity contribution >= 4 is 62.1 Å². The SMILES string of the molecule is CCc1[nH]c2ncnc(Cl)c2c1C.CCc1[nH]c2ncnc(Nc3ccc4c(c3)SC(=O)C4)c2c1C. The lowest BCUT2D eigenvalue weighted by molar-refractivity contribution is -0.110. The highest BCUT2D eigenvalue weighted by Gasteiger charge is 2.20. The minimum absolute atomic E-state index is 0.204. The van der Waals surface area contributed by atoms with Gasteiger partial charge in [-0.25, -0.2) is 19.9 Å². The van der Waals surface area contributed by atoms with E-state index in [2.05, 4.69) is 56.0 Å². The van der Waals surface area contributed by atoms with E-state index >= 15 is 0 Å². The van der Waals surface area contributed by atoms with E-state index in [1.54, 1.807) is 6.33 Å². The second kappa shape index (κ2) is 9.91. The molecule has 5 heterocycles. The van der Waals surface area contributed by atoms with E-state index in [1.807, 2.05) is 25.1 Å². The molecule has 0 atom stereocenters. The Bertz CT molecular complexity index is 1610. The van der Waals surface area contributed by atoms with Crippen molar-refractivity contribution in [3.8, 4) is 0 Å². The van der Waals surface area contributed by atoms with E-state index in [4.69, 9.17) is 11.6 Å². The van der Waals surface area contributed by atoms with Gasteiger partial charge in [0.1, 0.15) is 34.9 Å². The van der Waals surface area contributed by atoms with E-state index in [9.17, 15) is 4.79 Å². The fourth-order valence-electron chi connectivity index (χ4n) is 4.53. The number of rotatable bonds is 4. The standard InChI is InChI=1S/C17H16N4OS.C9H10ClN3/c1-3-12-9(2)15-16(18-8-19-17(15)21-12)20-11-5-4-10-6-14(22)23-13(10)7-11;1-3-6-5(2)7-8(10)11-4-12-9(7)13-6/h4-5,7-8H,3,6H2,1-2H3,(H2,18,19,20,21);4H,3H2,1-2H3,(H,11,12,13). The molecule has 5 aromatic rings. The number of halogens is 1. The first-order valence-corrected chi connectivity index (χ1v) is 13.0. The Balaban J connectivity index is 0.000000174. The second-order valence-electron chi connectivity index (χ2n) is 8.60. The van der Waals surface area contributed by atoms with Gasteiger partial charge in [0.05, 0.1) is 10.8 Å². The Morgan fingerprint density at radius 3 is 2.25 bits per heavy atom. The number of hydrogen-bond acceptors (Lipinski definition) is 7. The van der Waals surface area contributed by atoms with Gasteiger partial charge in [0, 0.05) is 28.4 Å². The molecule has 0 bridgehead atoms. The van der Waals surface area contributed by atoms with Crippen LogP contribution in [0, 0.1) is 13.8 Å². The van der Waals surface area contributed by atoms with Crippen LogP contribution < -0.4 is 5.32 Å². The summed E-state index contributed by atoms with van der Waals surface area (Å²) in [5, 5.41) is 6.07. The number of benzene rings is 1. The second-order valence-corrected chi connectivity index (χ2v) is 10.1. The zero-order valence-electron chi connectivity index (χ0n) is 20.5. The van der Waals surface area contributed by atoms with Gasteiger partial charge < -0.3 is 15.3 Å². The molecule has 1 aliphatic rings. The molecule has 0 fully saturated rings. The van der Waals surface area contributed by atoms with E-state index < -0.39 is 0 Å². The van der Waals surface area contributed by atoms with Crippen molar-refractivity contribution in [1.82, 2.24) is 29.9 Å². The Kier molecular flexibility index (Phi) is 6.68. The van der Waals surface area contributed by atoms with Gasteiger partial charge in [-0.2, -0.15) is 0 Å². The molecule has 184 valence electrons. The van der Waals surface area contributed by atoms with Crippen LogP contribution in [0.15, 0.2) is 35.7 Å². The molecular formula is C26H26ClN7OS. The number of nitrogens with one attached hydrogen (secondary N) is 3. The van der Waals surface area contributed by atoms with Crippen LogP contribution in [0.25, 0.3) is 22.1 Å². The van der Waals surface area contributed by atoms with Gasteiger partial charge in [-0.1, -0.05) is 43.3 Å². The van der Waals surface area contributed by atoms with Gasteiger partial charge in [-0.05, 0) is 55.5 Å². The van der Waals surface area contributed by atoms with Crippen LogP contribution in [0.3, 0.4) is 0 Å². The molecule has 4 aromatic heterocycles. The summed E-state index contributed by atoms with van der Waals surface area (Å²) in [6.07, 6.45) is 5.44. The van der Waals surface area contributed by atoms with Crippen molar-refractivity contribution in [2.45, 2.75) is 51.9 Å². The minimum Gasteiger partial charge on any atom is -0.343 e. The monoisotopic (exact) mass is 519 g/mol. The van der Waals surface area contributed by atoms with Crippen LogP contribution >= 0.6 is 23.4 Å². The van der Waals surface area contributed by atoms with Crippen LogP contribution in [0.1, 0.15) is 41.9 Å². The molecule has 36 heavy (non-hydrogen) atoms. The van der Waals surface area contributed by atoms with Gasteiger partial charge in [-0.15, -0.1) is 0 Å². The van der Waals surface area contributed by atoms with Gasteiger partial charge in [0.15, 0.2) is 5.12 Å². The summed E-state index contributed by atoms with van der Waals surface area (Å²) in [7, 11) is 0. The lowest BCUT2D eigenvalue weighted by atomic mass is 10.1. The molecule has 0 aliphatic carbocycles. The molecule has 0 amide bonds. The lowest BCUT2D eigenvalue weighted by Crippen LogP contribution is -1.96. The number of carbonyl (C=O) groups excluding carboxylic acids is 1. The number of thioether (sulfide) groups is 1. The third kappa shape index (κ3) is 4.44. The predicted molar refractivity (Wildman–Crippen MR) is 145 cm³/mol. The summed E-state index contributed by atoms with van der Waals surface area (Å²) < 4.78 is 0. The molecule has 1 aromatic carbocycles. The van der Waals surface area contributed by atoms with Gasteiger partial charge in [-0.3, -0.25) is 4.79 Å². The third-order valence-corrected chi connectivity index (χ3v) is 7.70. The molecule has 0 spiro atoms. The van der Waals surface area contributed by atoms with Crippen LogP contribution in [-0.2, 0) is 24.1 Å². The average molecular weight is 520 g/mol. The smallest absolute Gasteiger partial charge is 0.198 e. The number of anilines is 2. The predicted octanol–water partition coefficient (Wildman–Crippen LogP) is 6.23. The molecule has 0 radical (unpaired) electrons. The molecule has 0 unspecified atom stereocenters. The molecule has 8 nitrogen and oxygen atoms in total. The van der Waals surface area contributed by atoms with E-state index in [0.29, 0.717) is 11.6 Å². The highest BCUT2D eigenvalue weighted by atomic mass is 35.5. The fraction of sp³-hybridized carbons (Fsp3) is 0.269. The zero-order valence-corrected chi connectivity index (χ0v) is 22.1. The maximum Gasteiger partial charge on any atom is 0.198 e. The Morgan fingerprint density at radius 1 is 0.944 bits per heavy atom. The Labute approximate surface area is 217 Å². The van der Waals surface area contributed by atoms with Crippen molar-refractivity contribution in [3.63, 3.8) is 0 Å². The van der Waals surface area contributed by atoms with Crippen molar-refractivity contribution in [1.29, 1.82) is 0 Å². The molecular weight excluding hydrogens is 494 g/mol. The minimum atomic E-state index is 0.204. The number of hydrogen-bond donors (Lipinski definition) is 3. The fourth-order valence-corrected chi connectivity index (χ4v) is 5.73. The van der Waals surface area contributed by atoms with E-state index in [-0.39, 0.29) is 5.12 Å². The summed E-state index contributed by atoms with van der Waals surface area (Å²) in [4.78, 5) is 35.9. The van der Waals surface area contributed by atoms with Crippen LogP contribution in [0.4, 0.5) is 11.5 Å². The highest BCUT2D eigenvalue weighted by molar-refractivity contribution is 8.14. The van der Waals surface area contributed by atoms with Crippen molar-refractivity contribution in [2.24, 2.45) is 0 Å². The zero-order chi connectivity index (χ0) is 25.4. The topological polar surface area (TPSA) is 112 Å². The summed E-state index contributed by atoms with van der Waals surface area (Å²) in [5.41, 5.74) is 8.40. The normalized spacial score (nSPS) is 12.6. The lowest BCUT2D eigenvalue weighted by Gasteiger charge is -2.08. The molecule has 10 heteroatoms. The maximum atomic E-state index is 11.5. The number of aromatic amines is 2. The summed E-state index contributed by atoms with van der Waals surface area (Å²) >= 11 is 7.27. The summed E-state index contributed by atoms with van der Waals surface area (Å²) in [6, 6.07) is 6.02. The molecule has 3 N–H and O–H groups in total. The Morgan fingerprint density at radius 2 is 1.58 bits per heavy atom. The highest BCUT2D eigenvalue weighted by Crippen LogP contribution is 2.36. The van der Waals surface area contributed by atoms with E-state index in [1.165, 1.54) is 35.0 Å². The first-order valence-electron chi connectivity index (χ1n) is 11.8. The number of fused-ring (bicyclic) bond motifs is 3.